The molecule has 0 spiro atoms. The highest BCUT2D eigenvalue weighted by atomic mass is 15.2. The Hall–Kier alpha value is -0.930. The van der Waals surface area contributed by atoms with E-state index in [9.17, 15) is 0 Å². The van der Waals surface area contributed by atoms with Crippen LogP contribution in [-0.4, -0.2) is 35.1 Å². The van der Waals surface area contributed by atoms with Gasteiger partial charge >= 0.3 is 0 Å². The van der Waals surface area contributed by atoms with Crippen LogP contribution in [0.5, 0.6) is 0 Å². The zero-order chi connectivity index (χ0) is 14.4. The zero-order valence-corrected chi connectivity index (χ0v) is 13.0. The summed E-state index contributed by atoms with van der Waals surface area (Å²) in [4.78, 5) is 6.71. The van der Waals surface area contributed by atoms with Crippen LogP contribution >= 0.6 is 0 Å². The molecule has 0 radical (unpaired) electrons. The van der Waals surface area contributed by atoms with Gasteiger partial charge in [-0.2, -0.15) is 0 Å². The quantitative estimate of drug-likeness (QED) is 0.868. The maximum absolute atomic E-state index is 6.18. The lowest BCUT2D eigenvalue weighted by atomic mass is 9.76. The fourth-order valence-electron chi connectivity index (χ4n) is 3.49. The number of nitrogens with two attached hydrogens (primary N) is 1. The van der Waals surface area contributed by atoms with Crippen LogP contribution < -0.4 is 5.73 Å². The first-order chi connectivity index (χ1) is 9.70. The van der Waals surface area contributed by atoms with E-state index in [0.29, 0.717) is 0 Å². The van der Waals surface area contributed by atoms with Gasteiger partial charge < -0.3 is 5.73 Å². The highest BCUT2D eigenvalue weighted by Crippen LogP contribution is 2.35. The molecule has 3 nitrogen and oxygen atoms in total. The minimum absolute atomic E-state index is 0.244. The van der Waals surface area contributed by atoms with Crippen molar-refractivity contribution in [2.45, 2.75) is 51.5 Å². The molecule has 0 unspecified atom stereocenters. The summed E-state index contributed by atoms with van der Waals surface area (Å²) in [6.45, 7) is 7.63. The van der Waals surface area contributed by atoms with Gasteiger partial charge in [0.1, 0.15) is 0 Å². The van der Waals surface area contributed by atoms with Crippen molar-refractivity contribution in [3.05, 3.63) is 30.1 Å². The van der Waals surface area contributed by atoms with Crippen LogP contribution in [0.25, 0.3) is 0 Å². The maximum Gasteiger partial charge on any atom is 0.0331 e. The van der Waals surface area contributed by atoms with E-state index in [4.69, 9.17) is 5.73 Å². The summed E-state index contributed by atoms with van der Waals surface area (Å²) in [5, 5.41) is 0. The highest BCUT2D eigenvalue weighted by molar-refractivity contribution is 5.10. The molecule has 1 aliphatic carbocycles. The summed E-state index contributed by atoms with van der Waals surface area (Å²) in [6, 6.07) is 4.23. The molecule has 112 valence electrons. The number of hydrogen-bond acceptors (Lipinski definition) is 3. The molecule has 0 bridgehead atoms. The van der Waals surface area contributed by atoms with Gasteiger partial charge in [0.15, 0.2) is 0 Å². The summed E-state index contributed by atoms with van der Waals surface area (Å²) in [5.41, 5.74) is 7.79. The average Bonchev–Trinajstić information content (AvgIpc) is 2.51. The fourth-order valence-corrected chi connectivity index (χ4v) is 3.49. The van der Waals surface area contributed by atoms with Gasteiger partial charge in [-0.1, -0.05) is 13.8 Å². The van der Waals surface area contributed by atoms with Crippen molar-refractivity contribution in [1.29, 1.82) is 0 Å². The molecule has 0 atom stereocenters. The van der Waals surface area contributed by atoms with E-state index < -0.39 is 0 Å². The van der Waals surface area contributed by atoms with Gasteiger partial charge in [0.25, 0.3) is 0 Å². The van der Waals surface area contributed by atoms with Crippen molar-refractivity contribution in [2.75, 3.05) is 19.6 Å². The zero-order valence-electron chi connectivity index (χ0n) is 13.0. The van der Waals surface area contributed by atoms with E-state index in [2.05, 4.69) is 35.9 Å². The van der Waals surface area contributed by atoms with Crippen LogP contribution in [0.2, 0.25) is 0 Å². The second-order valence-corrected chi connectivity index (χ2v) is 6.30. The van der Waals surface area contributed by atoms with Crippen molar-refractivity contribution in [2.24, 2.45) is 11.7 Å². The highest BCUT2D eigenvalue weighted by Gasteiger charge is 2.37. The Bertz CT molecular complexity index is 382. The number of rotatable bonds is 6. The summed E-state index contributed by atoms with van der Waals surface area (Å²) in [7, 11) is 0. The summed E-state index contributed by atoms with van der Waals surface area (Å²) in [6.07, 6.45) is 10.0. The molecule has 1 aromatic rings. The number of pyridine rings is 1. The van der Waals surface area contributed by atoms with Gasteiger partial charge in [0.05, 0.1) is 0 Å². The Morgan fingerprint density at radius 1 is 1.30 bits per heavy atom. The Morgan fingerprint density at radius 3 is 2.50 bits per heavy atom. The van der Waals surface area contributed by atoms with E-state index >= 15 is 0 Å². The predicted molar refractivity (Wildman–Crippen MR) is 84.6 cm³/mol. The third-order valence-electron chi connectivity index (χ3n) is 5.06. The number of likely N-dealkylation sites (N-methyl/N-ethyl adjacent to an activating group) is 1. The molecule has 0 amide bonds. The van der Waals surface area contributed by atoms with E-state index in [0.717, 1.165) is 32.0 Å². The lowest BCUT2D eigenvalue weighted by Crippen LogP contribution is -2.56. The Morgan fingerprint density at radius 2 is 1.95 bits per heavy atom. The molecule has 1 fully saturated rings. The maximum atomic E-state index is 6.18. The molecule has 3 heteroatoms. The smallest absolute Gasteiger partial charge is 0.0331 e. The third kappa shape index (κ3) is 3.58. The first kappa shape index (κ1) is 15.5. The molecule has 0 saturated heterocycles. The first-order valence-corrected chi connectivity index (χ1v) is 8.04. The molecule has 1 aromatic heterocycles. The molecule has 1 aliphatic rings. The molecule has 1 heterocycles. The number of hydrogen-bond donors (Lipinski definition) is 1. The molecule has 0 aliphatic heterocycles. The van der Waals surface area contributed by atoms with Crippen LogP contribution in [0.15, 0.2) is 24.5 Å². The van der Waals surface area contributed by atoms with E-state index in [1.807, 2.05) is 12.4 Å². The topological polar surface area (TPSA) is 42.2 Å². The first-order valence-electron chi connectivity index (χ1n) is 8.04. The van der Waals surface area contributed by atoms with Crippen molar-refractivity contribution in [3.63, 3.8) is 0 Å². The molecular weight excluding hydrogens is 246 g/mol. The van der Waals surface area contributed by atoms with Gasteiger partial charge in [-0.3, -0.25) is 9.88 Å². The number of nitrogens with zero attached hydrogens (tertiary/aromatic N) is 2. The van der Waals surface area contributed by atoms with Gasteiger partial charge in [-0.05, 0) is 62.3 Å². The van der Waals surface area contributed by atoms with Crippen molar-refractivity contribution in [1.82, 2.24) is 9.88 Å². The van der Waals surface area contributed by atoms with Crippen molar-refractivity contribution < 1.29 is 0 Å². The second kappa shape index (κ2) is 7.19. The van der Waals surface area contributed by atoms with Gasteiger partial charge in [-0.15, -0.1) is 0 Å². The van der Waals surface area contributed by atoms with E-state index in [-0.39, 0.29) is 5.54 Å². The lowest BCUT2D eigenvalue weighted by Gasteiger charge is -2.47. The van der Waals surface area contributed by atoms with Crippen LogP contribution in [0, 0.1) is 5.92 Å². The lowest BCUT2D eigenvalue weighted by molar-refractivity contribution is 0.0500. The van der Waals surface area contributed by atoms with Crippen LogP contribution in [0.1, 0.15) is 45.1 Å². The summed E-state index contributed by atoms with van der Waals surface area (Å²) < 4.78 is 0. The van der Waals surface area contributed by atoms with Gasteiger partial charge in [0.2, 0.25) is 0 Å². The SMILES string of the molecule is CCN(CCc1ccncc1)C1(CN)CCC(C)CC1. The molecule has 0 aromatic carbocycles. The molecule has 20 heavy (non-hydrogen) atoms. The molecule has 1 saturated carbocycles. The molecule has 2 rings (SSSR count). The average molecular weight is 275 g/mol. The predicted octanol–water partition coefficient (Wildman–Crippen LogP) is 2.85. The van der Waals surface area contributed by atoms with Crippen molar-refractivity contribution in [3.8, 4) is 0 Å². The Kier molecular flexibility index (Phi) is 5.55. The molecule has 2 N–H and O–H groups in total. The van der Waals surface area contributed by atoms with E-state index in [1.165, 1.54) is 31.2 Å². The van der Waals surface area contributed by atoms with E-state index in [1.54, 1.807) is 0 Å². The third-order valence-corrected chi connectivity index (χ3v) is 5.06. The minimum atomic E-state index is 0.244. The standard InChI is InChI=1S/C17H29N3/c1-3-20(13-8-16-6-11-19-12-7-16)17(14-18)9-4-15(2)5-10-17/h6-7,11-12,15H,3-5,8-10,13-14,18H2,1-2H3. The molecular formula is C17H29N3. The normalized spacial score (nSPS) is 26.9. The van der Waals surface area contributed by atoms with Gasteiger partial charge in [-0.25, -0.2) is 0 Å². The van der Waals surface area contributed by atoms with Crippen molar-refractivity contribution >= 4 is 0 Å². The van der Waals surface area contributed by atoms with Crippen LogP contribution in [-0.2, 0) is 6.42 Å². The Labute approximate surface area is 123 Å². The summed E-state index contributed by atoms with van der Waals surface area (Å²) >= 11 is 0. The fraction of sp³-hybridized carbons (Fsp3) is 0.706. The van der Waals surface area contributed by atoms with Crippen LogP contribution in [0.4, 0.5) is 0 Å². The van der Waals surface area contributed by atoms with Gasteiger partial charge in [0, 0.05) is 31.0 Å². The summed E-state index contributed by atoms with van der Waals surface area (Å²) in [5.74, 6) is 0.869. The largest absolute Gasteiger partial charge is 0.329 e. The number of aromatic nitrogens is 1. The van der Waals surface area contributed by atoms with Crippen LogP contribution in [0.3, 0.4) is 0 Å². The minimum Gasteiger partial charge on any atom is -0.329 e. The Balaban J connectivity index is 1.98. The monoisotopic (exact) mass is 275 g/mol. The second-order valence-electron chi connectivity index (χ2n) is 6.30.